The lowest BCUT2D eigenvalue weighted by Crippen LogP contribution is -2.45. The third-order valence-corrected chi connectivity index (χ3v) is 5.52. The summed E-state index contributed by atoms with van der Waals surface area (Å²) in [6.07, 6.45) is 7.05. The van der Waals surface area contributed by atoms with Gasteiger partial charge in [-0.1, -0.05) is 43.2 Å². The number of likely N-dealkylation sites (tertiary alicyclic amines) is 1. The standard InChI is InChI=1S/C20H31N3O2/c24-13-11-19(17-8-2-1-3-9-17)22-20(25)21-18-10-12-23(15-18)14-16-6-4-5-7-16/h1-3,8-9,16,18-19,24H,4-7,10-15H2,(H2,21,22,25)/t18?,19-/m1/s1. The minimum absolute atomic E-state index is 0.0540. The zero-order chi connectivity index (χ0) is 17.5. The SMILES string of the molecule is O=C(NC1CCN(CC2CCCC2)C1)N[C@H](CCO)c1ccccc1. The summed E-state index contributed by atoms with van der Waals surface area (Å²) in [7, 11) is 0. The van der Waals surface area contributed by atoms with Crippen molar-refractivity contribution in [3.05, 3.63) is 35.9 Å². The lowest BCUT2D eigenvalue weighted by atomic mass is 10.0. The average Bonchev–Trinajstić information content (AvgIpc) is 3.28. The molecule has 5 heteroatoms. The maximum Gasteiger partial charge on any atom is 0.315 e. The Kier molecular flexibility index (Phi) is 6.70. The van der Waals surface area contributed by atoms with Gasteiger partial charge in [0.2, 0.25) is 0 Å². The second kappa shape index (κ2) is 9.20. The lowest BCUT2D eigenvalue weighted by Gasteiger charge is -2.22. The molecule has 25 heavy (non-hydrogen) atoms. The van der Waals surface area contributed by atoms with E-state index in [0.717, 1.165) is 31.0 Å². The normalized spacial score (nSPS) is 22.8. The Morgan fingerprint density at radius 1 is 1.20 bits per heavy atom. The van der Waals surface area contributed by atoms with Gasteiger partial charge in [0.05, 0.1) is 6.04 Å². The Bertz CT molecular complexity index is 531. The first-order valence-electron chi connectivity index (χ1n) is 9.70. The number of hydrogen-bond donors (Lipinski definition) is 3. The maximum atomic E-state index is 12.4. The van der Waals surface area contributed by atoms with Gasteiger partial charge in [0.1, 0.15) is 0 Å². The molecule has 0 radical (unpaired) electrons. The molecule has 2 fully saturated rings. The number of carbonyl (C=O) groups excluding carboxylic acids is 1. The van der Waals surface area contributed by atoms with Gasteiger partial charge in [0, 0.05) is 32.3 Å². The lowest BCUT2D eigenvalue weighted by molar-refractivity contribution is 0.224. The van der Waals surface area contributed by atoms with Gasteiger partial charge >= 0.3 is 6.03 Å². The van der Waals surface area contributed by atoms with E-state index in [4.69, 9.17) is 0 Å². The van der Waals surface area contributed by atoms with Gasteiger partial charge in [0.25, 0.3) is 0 Å². The third-order valence-electron chi connectivity index (χ3n) is 5.52. The zero-order valence-corrected chi connectivity index (χ0v) is 15.0. The highest BCUT2D eigenvalue weighted by molar-refractivity contribution is 5.74. The number of nitrogens with one attached hydrogen (secondary N) is 2. The van der Waals surface area contributed by atoms with Gasteiger partial charge in [0.15, 0.2) is 0 Å². The van der Waals surface area contributed by atoms with Crippen LogP contribution in [0, 0.1) is 5.92 Å². The number of nitrogens with zero attached hydrogens (tertiary/aromatic N) is 1. The van der Waals surface area contributed by atoms with Crippen LogP contribution < -0.4 is 10.6 Å². The van der Waals surface area contributed by atoms with Crippen LogP contribution in [0.25, 0.3) is 0 Å². The van der Waals surface area contributed by atoms with Crippen molar-refractivity contribution >= 4 is 6.03 Å². The van der Waals surface area contributed by atoms with Crippen LogP contribution in [-0.2, 0) is 0 Å². The fourth-order valence-corrected chi connectivity index (χ4v) is 4.20. The molecular weight excluding hydrogens is 314 g/mol. The fraction of sp³-hybridized carbons (Fsp3) is 0.650. The van der Waals surface area contributed by atoms with Crippen LogP contribution in [0.5, 0.6) is 0 Å². The van der Waals surface area contributed by atoms with Crippen molar-refractivity contribution in [3.63, 3.8) is 0 Å². The Labute approximate surface area is 150 Å². The Morgan fingerprint density at radius 2 is 1.96 bits per heavy atom. The molecular formula is C20H31N3O2. The number of hydrogen-bond acceptors (Lipinski definition) is 3. The highest BCUT2D eigenvalue weighted by atomic mass is 16.3. The number of carbonyl (C=O) groups is 1. The predicted molar refractivity (Wildman–Crippen MR) is 99.4 cm³/mol. The Hall–Kier alpha value is -1.59. The number of aliphatic hydroxyl groups is 1. The summed E-state index contributed by atoms with van der Waals surface area (Å²) in [5.74, 6) is 0.861. The molecule has 1 aromatic rings. The molecule has 0 bridgehead atoms. The number of rotatable bonds is 7. The number of benzene rings is 1. The largest absolute Gasteiger partial charge is 0.396 e. The summed E-state index contributed by atoms with van der Waals surface area (Å²) in [6.45, 7) is 3.29. The molecule has 0 spiro atoms. The molecule has 1 unspecified atom stereocenters. The van der Waals surface area contributed by atoms with Gasteiger partial charge in [-0.2, -0.15) is 0 Å². The van der Waals surface area contributed by atoms with Crippen LogP contribution in [0.3, 0.4) is 0 Å². The van der Waals surface area contributed by atoms with Crippen molar-refractivity contribution in [1.82, 2.24) is 15.5 Å². The first-order valence-corrected chi connectivity index (χ1v) is 9.70. The van der Waals surface area contributed by atoms with Crippen LogP contribution in [0.1, 0.15) is 50.1 Å². The van der Waals surface area contributed by atoms with E-state index in [1.54, 1.807) is 0 Å². The maximum absolute atomic E-state index is 12.4. The van der Waals surface area contributed by atoms with Crippen LogP contribution in [0.2, 0.25) is 0 Å². The van der Waals surface area contributed by atoms with Crippen molar-refractivity contribution in [2.75, 3.05) is 26.2 Å². The highest BCUT2D eigenvalue weighted by Crippen LogP contribution is 2.26. The predicted octanol–water partition coefficient (Wildman–Crippen LogP) is 2.67. The van der Waals surface area contributed by atoms with Crippen molar-refractivity contribution in [1.29, 1.82) is 0 Å². The Balaban J connectivity index is 1.45. The molecule has 138 valence electrons. The minimum atomic E-state index is -0.151. The zero-order valence-electron chi connectivity index (χ0n) is 15.0. The topological polar surface area (TPSA) is 64.6 Å². The molecule has 1 aliphatic heterocycles. The van der Waals surface area contributed by atoms with Gasteiger partial charge in [-0.05, 0) is 37.2 Å². The molecule has 1 saturated carbocycles. The van der Waals surface area contributed by atoms with Crippen molar-refractivity contribution < 1.29 is 9.90 Å². The summed E-state index contributed by atoms with van der Waals surface area (Å²) < 4.78 is 0. The first kappa shape index (κ1) is 18.2. The molecule has 3 rings (SSSR count). The summed E-state index contributed by atoms with van der Waals surface area (Å²) in [4.78, 5) is 14.9. The van der Waals surface area contributed by atoms with Gasteiger partial charge in [-0.25, -0.2) is 4.79 Å². The van der Waals surface area contributed by atoms with Gasteiger partial charge in [-0.3, -0.25) is 0 Å². The van der Waals surface area contributed by atoms with E-state index >= 15 is 0 Å². The van der Waals surface area contributed by atoms with Crippen LogP contribution in [-0.4, -0.2) is 48.3 Å². The van der Waals surface area contributed by atoms with E-state index in [0.29, 0.717) is 6.42 Å². The van der Waals surface area contributed by atoms with E-state index in [1.165, 1.54) is 32.2 Å². The van der Waals surface area contributed by atoms with Gasteiger partial charge in [-0.15, -0.1) is 0 Å². The van der Waals surface area contributed by atoms with Crippen molar-refractivity contribution in [3.8, 4) is 0 Å². The second-order valence-corrected chi connectivity index (χ2v) is 7.49. The van der Waals surface area contributed by atoms with E-state index in [2.05, 4.69) is 15.5 Å². The summed E-state index contributed by atoms with van der Waals surface area (Å²) in [6, 6.07) is 9.79. The van der Waals surface area contributed by atoms with E-state index in [1.807, 2.05) is 30.3 Å². The number of amides is 2. The van der Waals surface area contributed by atoms with Gasteiger partial charge < -0.3 is 20.6 Å². The first-order chi connectivity index (χ1) is 12.2. The molecule has 1 saturated heterocycles. The summed E-state index contributed by atoms with van der Waals surface area (Å²) in [5, 5.41) is 15.4. The van der Waals surface area contributed by atoms with Crippen molar-refractivity contribution in [2.45, 2.75) is 50.6 Å². The van der Waals surface area contributed by atoms with E-state index < -0.39 is 0 Å². The van der Waals surface area contributed by atoms with Crippen LogP contribution >= 0.6 is 0 Å². The van der Waals surface area contributed by atoms with E-state index in [9.17, 15) is 9.90 Å². The number of urea groups is 1. The smallest absolute Gasteiger partial charge is 0.315 e. The van der Waals surface area contributed by atoms with E-state index in [-0.39, 0.29) is 24.7 Å². The molecule has 2 atom stereocenters. The summed E-state index contributed by atoms with van der Waals surface area (Å²) >= 11 is 0. The molecule has 0 aromatic heterocycles. The molecule has 1 heterocycles. The second-order valence-electron chi connectivity index (χ2n) is 7.49. The molecule has 2 amide bonds. The number of aliphatic hydroxyl groups excluding tert-OH is 1. The monoisotopic (exact) mass is 345 g/mol. The molecule has 3 N–H and O–H groups in total. The minimum Gasteiger partial charge on any atom is -0.396 e. The molecule has 5 nitrogen and oxygen atoms in total. The van der Waals surface area contributed by atoms with Crippen molar-refractivity contribution in [2.24, 2.45) is 5.92 Å². The highest BCUT2D eigenvalue weighted by Gasteiger charge is 2.27. The Morgan fingerprint density at radius 3 is 2.68 bits per heavy atom. The average molecular weight is 345 g/mol. The van der Waals surface area contributed by atoms with Crippen LogP contribution in [0.4, 0.5) is 4.79 Å². The molecule has 2 aliphatic rings. The fourth-order valence-electron chi connectivity index (χ4n) is 4.20. The van der Waals surface area contributed by atoms with Crippen LogP contribution in [0.15, 0.2) is 30.3 Å². The third kappa shape index (κ3) is 5.44. The summed E-state index contributed by atoms with van der Waals surface area (Å²) in [5.41, 5.74) is 1.03. The molecule has 1 aliphatic carbocycles. The quantitative estimate of drug-likeness (QED) is 0.712. The molecule has 1 aromatic carbocycles.